The van der Waals surface area contributed by atoms with E-state index in [1.165, 1.54) is 17.4 Å². The molecule has 0 aliphatic rings. The lowest BCUT2D eigenvalue weighted by atomic mass is 10.0. The van der Waals surface area contributed by atoms with Crippen molar-refractivity contribution in [3.8, 4) is 0 Å². The summed E-state index contributed by atoms with van der Waals surface area (Å²) in [7, 11) is 0. The molecule has 1 amide bonds. The number of rotatable bonds is 5. The van der Waals surface area contributed by atoms with Crippen LogP contribution in [0, 0.1) is 13.8 Å². The summed E-state index contributed by atoms with van der Waals surface area (Å²) >= 11 is 0. The van der Waals surface area contributed by atoms with Crippen LogP contribution in [0.5, 0.6) is 0 Å². The van der Waals surface area contributed by atoms with Gasteiger partial charge in [-0.25, -0.2) is 0 Å². The number of allylic oxidation sites excluding steroid dienone is 1. The normalized spacial score (nSPS) is 9.94. The standard InChI is InChI=1S/C14H19NO2.BrH/c1-4-8-17-10-14(16)15-9-13-7-5-6-11(2)12(13)3;/h4-8H,9-10H2,1-3H3,(H,15,16);1H. The molecule has 0 atom stereocenters. The first kappa shape index (κ1) is 16.7. The van der Waals surface area contributed by atoms with E-state index in [-0.39, 0.29) is 29.5 Å². The number of hydrogen-bond donors (Lipinski definition) is 1. The molecule has 0 radical (unpaired) electrons. The van der Waals surface area contributed by atoms with Crippen molar-refractivity contribution in [1.82, 2.24) is 5.32 Å². The van der Waals surface area contributed by atoms with Crippen LogP contribution in [-0.2, 0) is 16.1 Å². The summed E-state index contributed by atoms with van der Waals surface area (Å²) in [5.41, 5.74) is 3.61. The lowest BCUT2D eigenvalue weighted by molar-refractivity contribution is -0.124. The van der Waals surface area contributed by atoms with E-state index in [9.17, 15) is 4.79 Å². The number of amides is 1. The van der Waals surface area contributed by atoms with E-state index in [0.29, 0.717) is 6.54 Å². The highest BCUT2D eigenvalue weighted by Crippen LogP contribution is 2.11. The number of hydrogen-bond acceptors (Lipinski definition) is 2. The molecule has 0 aromatic heterocycles. The van der Waals surface area contributed by atoms with Crippen LogP contribution in [-0.4, -0.2) is 12.5 Å². The van der Waals surface area contributed by atoms with Crippen LogP contribution in [0.25, 0.3) is 0 Å². The molecule has 0 spiro atoms. The van der Waals surface area contributed by atoms with Gasteiger partial charge in [0.1, 0.15) is 0 Å². The minimum atomic E-state index is -0.107. The fraction of sp³-hybridized carbons (Fsp3) is 0.357. The largest absolute Gasteiger partial charge is 0.492 e. The van der Waals surface area contributed by atoms with Gasteiger partial charge in [-0.15, -0.1) is 17.0 Å². The zero-order valence-electron chi connectivity index (χ0n) is 11.0. The van der Waals surface area contributed by atoms with Crippen molar-refractivity contribution in [3.05, 3.63) is 47.2 Å². The van der Waals surface area contributed by atoms with Crippen molar-refractivity contribution in [1.29, 1.82) is 0 Å². The van der Waals surface area contributed by atoms with Gasteiger partial charge >= 0.3 is 0 Å². The molecule has 0 saturated carbocycles. The second kappa shape index (κ2) is 8.75. The summed E-state index contributed by atoms with van der Waals surface area (Å²) in [5, 5.41) is 2.83. The molecular weight excluding hydrogens is 294 g/mol. The van der Waals surface area contributed by atoms with Crippen LogP contribution in [0.1, 0.15) is 23.6 Å². The van der Waals surface area contributed by atoms with Crippen LogP contribution in [0.2, 0.25) is 0 Å². The topological polar surface area (TPSA) is 38.3 Å². The highest BCUT2D eigenvalue weighted by atomic mass is 79.9. The third-order valence-electron chi connectivity index (χ3n) is 2.64. The Morgan fingerprint density at radius 1 is 1.39 bits per heavy atom. The van der Waals surface area contributed by atoms with Crippen molar-refractivity contribution in [2.24, 2.45) is 0 Å². The summed E-state index contributed by atoms with van der Waals surface area (Å²) in [6.07, 6.45) is 3.26. The van der Waals surface area contributed by atoms with Gasteiger partial charge in [-0.2, -0.15) is 0 Å². The van der Waals surface area contributed by atoms with Crippen molar-refractivity contribution in [2.45, 2.75) is 27.3 Å². The fourth-order valence-corrected chi connectivity index (χ4v) is 1.47. The molecule has 0 heterocycles. The SMILES string of the molecule is Br.CC=COCC(=O)NCc1cccc(C)c1C. The van der Waals surface area contributed by atoms with Gasteiger partial charge in [0, 0.05) is 6.54 Å². The predicted octanol–water partition coefficient (Wildman–Crippen LogP) is 3.05. The second-order valence-corrected chi connectivity index (χ2v) is 3.92. The molecule has 0 aliphatic carbocycles. The summed E-state index contributed by atoms with van der Waals surface area (Å²) in [6, 6.07) is 6.09. The van der Waals surface area contributed by atoms with Crippen LogP contribution in [0.15, 0.2) is 30.5 Å². The number of nitrogens with one attached hydrogen (secondary N) is 1. The molecule has 4 heteroatoms. The molecule has 0 fully saturated rings. The van der Waals surface area contributed by atoms with Gasteiger partial charge in [0.15, 0.2) is 6.61 Å². The lowest BCUT2D eigenvalue weighted by Crippen LogP contribution is -2.26. The summed E-state index contributed by atoms with van der Waals surface area (Å²) < 4.78 is 4.99. The molecule has 1 aromatic rings. The molecule has 1 aromatic carbocycles. The Balaban J connectivity index is 0.00000289. The Bertz CT molecular complexity index is 416. The van der Waals surface area contributed by atoms with Crippen LogP contribution in [0.3, 0.4) is 0 Å². The summed E-state index contributed by atoms with van der Waals surface area (Å²) in [5.74, 6) is -0.107. The summed E-state index contributed by atoms with van der Waals surface area (Å²) in [4.78, 5) is 11.4. The number of halogens is 1. The molecule has 0 aliphatic heterocycles. The van der Waals surface area contributed by atoms with Crippen molar-refractivity contribution in [2.75, 3.05) is 6.61 Å². The van der Waals surface area contributed by atoms with Gasteiger partial charge in [0.05, 0.1) is 6.26 Å². The smallest absolute Gasteiger partial charge is 0.258 e. The van der Waals surface area contributed by atoms with E-state index in [0.717, 1.165) is 5.56 Å². The van der Waals surface area contributed by atoms with Gasteiger partial charge in [-0.1, -0.05) is 24.3 Å². The van der Waals surface area contributed by atoms with Gasteiger partial charge in [0.25, 0.3) is 5.91 Å². The molecule has 100 valence electrons. The van der Waals surface area contributed by atoms with Crippen LogP contribution in [0.4, 0.5) is 0 Å². The average Bonchev–Trinajstić information content (AvgIpc) is 2.31. The van der Waals surface area contributed by atoms with Gasteiger partial charge in [0.2, 0.25) is 0 Å². The predicted molar refractivity (Wildman–Crippen MR) is 78.9 cm³/mol. The van der Waals surface area contributed by atoms with Crippen molar-refractivity contribution in [3.63, 3.8) is 0 Å². The maximum absolute atomic E-state index is 11.4. The van der Waals surface area contributed by atoms with Gasteiger partial charge < -0.3 is 10.1 Å². The average molecular weight is 314 g/mol. The first-order valence-corrected chi connectivity index (χ1v) is 5.69. The molecule has 0 saturated heterocycles. The van der Waals surface area contributed by atoms with E-state index < -0.39 is 0 Å². The number of ether oxygens (including phenoxy) is 1. The first-order valence-electron chi connectivity index (χ1n) is 5.69. The number of aryl methyl sites for hydroxylation is 1. The highest BCUT2D eigenvalue weighted by molar-refractivity contribution is 8.93. The third kappa shape index (κ3) is 5.36. The molecule has 0 bridgehead atoms. The molecule has 18 heavy (non-hydrogen) atoms. The minimum Gasteiger partial charge on any atom is -0.492 e. The highest BCUT2D eigenvalue weighted by Gasteiger charge is 2.03. The zero-order valence-corrected chi connectivity index (χ0v) is 12.7. The molecule has 1 N–H and O–H groups in total. The van der Waals surface area contributed by atoms with Gasteiger partial charge in [-0.05, 0) is 37.5 Å². The van der Waals surface area contributed by atoms with Crippen molar-refractivity contribution < 1.29 is 9.53 Å². The van der Waals surface area contributed by atoms with E-state index in [1.54, 1.807) is 6.08 Å². The summed E-state index contributed by atoms with van der Waals surface area (Å²) in [6.45, 7) is 6.58. The Labute approximate surface area is 119 Å². The molecule has 3 nitrogen and oxygen atoms in total. The fourth-order valence-electron chi connectivity index (χ4n) is 1.47. The van der Waals surface area contributed by atoms with Crippen LogP contribution < -0.4 is 5.32 Å². The Morgan fingerprint density at radius 3 is 2.78 bits per heavy atom. The molecule has 1 rings (SSSR count). The Hall–Kier alpha value is -1.29. The maximum Gasteiger partial charge on any atom is 0.258 e. The van der Waals surface area contributed by atoms with Gasteiger partial charge in [-0.3, -0.25) is 4.79 Å². The Morgan fingerprint density at radius 2 is 2.11 bits per heavy atom. The quantitative estimate of drug-likeness (QED) is 0.848. The number of benzene rings is 1. The van der Waals surface area contributed by atoms with E-state index in [1.807, 2.05) is 19.1 Å². The number of carbonyl (C=O) groups is 1. The lowest BCUT2D eigenvalue weighted by Gasteiger charge is -2.09. The second-order valence-electron chi connectivity index (χ2n) is 3.92. The maximum atomic E-state index is 11.4. The Kier molecular flexibility index (Phi) is 8.12. The minimum absolute atomic E-state index is 0. The van der Waals surface area contributed by atoms with Crippen LogP contribution >= 0.6 is 17.0 Å². The number of carbonyl (C=O) groups excluding carboxylic acids is 1. The van der Waals surface area contributed by atoms with Crippen molar-refractivity contribution >= 4 is 22.9 Å². The monoisotopic (exact) mass is 313 g/mol. The van der Waals surface area contributed by atoms with E-state index >= 15 is 0 Å². The molecular formula is C14H20BrNO2. The third-order valence-corrected chi connectivity index (χ3v) is 2.64. The zero-order chi connectivity index (χ0) is 12.7. The van der Waals surface area contributed by atoms with E-state index in [4.69, 9.17) is 4.74 Å². The first-order chi connectivity index (χ1) is 8.15. The molecule has 0 unspecified atom stereocenters. The van der Waals surface area contributed by atoms with E-state index in [2.05, 4.69) is 25.2 Å².